The fraction of sp³-hybridized carbons (Fsp3) is 0.111. The molecule has 26 heavy (non-hydrogen) atoms. The molecule has 0 unspecified atom stereocenters. The molecule has 0 amide bonds. The zero-order chi connectivity index (χ0) is 17.5. The van der Waals surface area contributed by atoms with Gasteiger partial charge in [0.1, 0.15) is 0 Å². The van der Waals surface area contributed by atoms with Gasteiger partial charge >= 0.3 is 0 Å². The van der Waals surface area contributed by atoms with Crippen LogP contribution >= 0.6 is 0 Å². The second-order valence-corrected chi connectivity index (χ2v) is 5.70. The van der Waals surface area contributed by atoms with Crippen LogP contribution in [0.3, 0.4) is 0 Å². The minimum absolute atomic E-state index is 0.220. The second kappa shape index (κ2) is 5.69. The van der Waals surface area contributed by atoms with Gasteiger partial charge in [0.15, 0.2) is 11.5 Å². The van der Waals surface area contributed by atoms with Gasteiger partial charge in [-0.3, -0.25) is 0 Å². The maximum Gasteiger partial charge on any atom is 0.258 e. The molecule has 3 heterocycles. The van der Waals surface area contributed by atoms with E-state index >= 15 is 0 Å². The summed E-state index contributed by atoms with van der Waals surface area (Å²) in [7, 11) is 0. The predicted octanol–water partition coefficient (Wildman–Crippen LogP) is 3.49. The molecule has 0 fully saturated rings. The average molecular weight is 348 g/mol. The third kappa shape index (κ3) is 2.48. The van der Waals surface area contributed by atoms with Crippen LogP contribution in [-0.4, -0.2) is 27.1 Å². The first kappa shape index (κ1) is 14.6. The van der Waals surface area contributed by atoms with Crippen LogP contribution in [0.4, 0.5) is 0 Å². The van der Waals surface area contributed by atoms with E-state index in [0.717, 1.165) is 16.7 Å². The molecule has 8 nitrogen and oxygen atoms in total. The molecule has 0 radical (unpaired) electrons. The molecule has 0 aliphatic carbocycles. The van der Waals surface area contributed by atoms with Crippen LogP contribution < -0.4 is 9.47 Å². The quantitative estimate of drug-likeness (QED) is 0.555. The summed E-state index contributed by atoms with van der Waals surface area (Å²) in [6.07, 6.45) is 0. The lowest BCUT2D eigenvalue weighted by molar-refractivity contribution is 0.174. The molecule has 0 spiro atoms. The van der Waals surface area contributed by atoms with Crippen molar-refractivity contribution in [2.75, 3.05) is 6.79 Å². The molecule has 4 aromatic rings. The van der Waals surface area contributed by atoms with Crippen molar-refractivity contribution in [1.29, 1.82) is 0 Å². The fourth-order valence-corrected chi connectivity index (χ4v) is 2.69. The molecule has 2 aromatic heterocycles. The summed E-state index contributed by atoms with van der Waals surface area (Å²) in [5, 5.41) is 11.9. The normalized spacial score (nSPS) is 12.5. The van der Waals surface area contributed by atoms with E-state index in [0.29, 0.717) is 35.0 Å². The van der Waals surface area contributed by atoms with Crippen molar-refractivity contribution in [3.63, 3.8) is 0 Å². The van der Waals surface area contributed by atoms with Crippen LogP contribution in [-0.2, 0) is 0 Å². The average Bonchev–Trinajstić information content (AvgIpc) is 3.41. The molecular formula is C18H12N4O4. The molecule has 2 aromatic carbocycles. The Balaban J connectivity index is 1.49. The van der Waals surface area contributed by atoms with Crippen LogP contribution in [0.5, 0.6) is 11.5 Å². The number of aryl methyl sites for hydroxylation is 1. The zero-order valence-corrected chi connectivity index (χ0v) is 13.7. The van der Waals surface area contributed by atoms with Crippen molar-refractivity contribution < 1.29 is 18.4 Å². The van der Waals surface area contributed by atoms with Gasteiger partial charge in [0, 0.05) is 23.6 Å². The second-order valence-electron chi connectivity index (χ2n) is 5.70. The molecule has 5 rings (SSSR count). The van der Waals surface area contributed by atoms with Crippen LogP contribution in [0.1, 0.15) is 5.89 Å². The highest BCUT2D eigenvalue weighted by molar-refractivity contribution is 5.67. The van der Waals surface area contributed by atoms with Gasteiger partial charge in [-0.2, -0.15) is 4.98 Å². The SMILES string of the molecule is Cc1nnc(-c2cccc(-c3nc(-c4ccc5c(c4)OCO5)no3)c2)o1. The summed E-state index contributed by atoms with van der Waals surface area (Å²) in [4.78, 5) is 4.48. The molecule has 0 bridgehead atoms. The Hall–Kier alpha value is -3.68. The number of hydrogen-bond donors (Lipinski definition) is 0. The Labute approximate surface area is 147 Å². The van der Waals surface area contributed by atoms with Crippen molar-refractivity contribution >= 4 is 0 Å². The summed E-state index contributed by atoms with van der Waals surface area (Å²) in [6, 6.07) is 13.0. The highest BCUT2D eigenvalue weighted by atomic mass is 16.7. The van der Waals surface area contributed by atoms with E-state index in [-0.39, 0.29) is 6.79 Å². The van der Waals surface area contributed by atoms with Gasteiger partial charge in [-0.25, -0.2) is 0 Å². The summed E-state index contributed by atoms with van der Waals surface area (Å²) < 4.78 is 21.6. The minimum atomic E-state index is 0.220. The first-order valence-corrected chi connectivity index (χ1v) is 7.91. The smallest absolute Gasteiger partial charge is 0.258 e. The van der Waals surface area contributed by atoms with Gasteiger partial charge in [-0.1, -0.05) is 11.2 Å². The number of rotatable bonds is 3. The molecule has 8 heteroatoms. The molecule has 128 valence electrons. The highest BCUT2D eigenvalue weighted by Crippen LogP contribution is 2.35. The van der Waals surface area contributed by atoms with Crippen LogP contribution in [0.2, 0.25) is 0 Å². The third-order valence-electron chi connectivity index (χ3n) is 3.94. The summed E-state index contributed by atoms with van der Waals surface area (Å²) in [6.45, 7) is 1.97. The number of fused-ring (bicyclic) bond motifs is 1. The topological polar surface area (TPSA) is 96.3 Å². The van der Waals surface area contributed by atoms with Crippen molar-refractivity contribution in [3.05, 3.63) is 48.4 Å². The van der Waals surface area contributed by atoms with Gasteiger partial charge in [0.25, 0.3) is 5.89 Å². The molecule has 1 aliphatic rings. The Bertz CT molecular complexity index is 1100. The molecular weight excluding hydrogens is 336 g/mol. The molecule has 0 saturated carbocycles. The monoisotopic (exact) mass is 348 g/mol. The van der Waals surface area contributed by atoms with Gasteiger partial charge in [-0.15, -0.1) is 10.2 Å². The Kier molecular flexibility index (Phi) is 3.21. The summed E-state index contributed by atoms with van der Waals surface area (Å²) >= 11 is 0. The fourth-order valence-electron chi connectivity index (χ4n) is 2.69. The van der Waals surface area contributed by atoms with Crippen molar-refractivity contribution in [3.8, 4) is 45.8 Å². The third-order valence-corrected chi connectivity index (χ3v) is 3.94. The van der Waals surface area contributed by atoms with E-state index in [1.54, 1.807) is 6.92 Å². The highest BCUT2D eigenvalue weighted by Gasteiger charge is 2.17. The maximum absolute atomic E-state index is 5.46. The lowest BCUT2D eigenvalue weighted by Gasteiger charge is -1.98. The maximum atomic E-state index is 5.46. The van der Waals surface area contributed by atoms with Crippen LogP contribution in [0.15, 0.2) is 51.4 Å². The van der Waals surface area contributed by atoms with Gasteiger partial charge < -0.3 is 18.4 Å². The van der Waals surface area contributed by atoms with E-state index < -0.39 is 0 Å². The van der Waals surface area contributed by atoms with Gasteiger partial charge in [-0.05, 0) is 36.4 Å². The standard InChI is InChI=1S/C18H12N4O4/c1-10-20-21-18(25-10)13-4-2-3-12(7-13)17-19-16(22-26-17)11-5-6-14-15(8-11)24-9-23-14/h2-8H,9H2,1H3. The lowest BCUT2D eigenvalue weighted by Crippen LogP contribution is -1.92. The minimum Gasteiger partial charge on any atom is -0.454 e. The van der Waals surface area contributed by atoms with Crippen LogP contribution in [0.25, 0.3) is 34.3 Å². The predicted molar refractivity (Wildman–Crippen MR) is 89.3 cm³/mol. The number of ether oxygens (including phenoxy) is 2. The summed E-state index contributed by atoms with van der Waals surface area (Å²) in [5.41, 5.74) is 2.33. The van der Waals surface area contributed by atoms with E-state index in [2.05, 4.69) is 20.3 Å². The van der Waals surface area contributed by atoms with Crippen LogP contribution in [0, 0.1) is 6.92 Å². The zero-order valence-electron chi connectivity index (χ0n) is 13.7. The van der Waals surface area contributed by atoms with E-state index in [1.807, 2.05) is 42.5 Å². The van der Waals surface area contributed by atoms with E-state index in [1.165, 1.54) is 0 Å². The van der Waals surface area contributed by atoms with Crippen molar-refractivity contribution in [2.24, 2.45) is 0 Å². The number of hydrogen-bond acceptors (Lipinski definition) is 8. The number of benzene rings is 2. The molecule has 1 aliphatic heterocycles. The Morgan fingerprint density at radius 1 is 0.846 bits per heavy atom. The largest absolute Gasteiger partial charge is 0.454 e. The number of nitrogens with zero attached hydrogens (tertiary/aromatic N) is 4. The Morgan fingerprint density at radius 3 is 2.54 bits per heavy atom. The van der Waals surface area contributed by atoms with Crippen molar-refractivity contribution in [1.82, 2.24) is 20.3 Å². The van der Waals surface area contributed by atoms with Crippen molar-refractivity contribution in [2.45, 2.75) is 6.92 Å². The lowest BCUT2D eigenvalue weighted by atomic mass is 10.1. The first-order chi connectivity index (χ1) is 12.8. The van der Waals surface area contributed by atoms with E-state index in [4.69, 9.17) is 18.4 Å². The van der Waals surface area contributed by atoms with Gasteiger partial charge in [0.05, 0.1) is 0 Å². The Morgan fingerprint density at radius 2 is 1.69 bits per heavy atom. The molecule has 0 atom stereocenters. The first-order valence-electron chi connectivity index (χ1n) is 7.91. The van der Waals surface area contributed by atoms with E-state index in [9.17, 15) is 0 Å². The number of aromatic nitrogens is 4. The summed E-state index contributed by atoms with van der Waals surface area (Å²) in [5.74, 6) is 3.20. The van der Waals surface area contributed by atoms with Gasteiger partial charge in [0.2, 0.25) is 24.4 Å². The molecule has 0 N–H and O–H groups in total. The molecule has 0 saturated heterocycles.